The van der Waals surface area contributed by atoms with E-state index >= 15 is 0 Å². The first-order valence-corrected chi connectivity index (χ1v) is 10.0. The molecule has 0 aliphatic carbocycles. The standard InChI is InChI=1S/C19H17BrN4O3S/c1-11(16(25)23-18(27)21-2)28-19-22-15-9-8-12(20)10-14(15)17(26)24(19)13-6-4-3-5-7-13/h3-11H,1-2H3,(H2,21,23,25,27)/t11-/m1/s1. The Bertz CT molecular complexity index is 1100. The van der Waals surface area contributed by atoms with Crippen LogP contribution < -0.4 is 16.2 Å². The van der Waals surface area contributed by atoms with E-state index in [1.807, 2.05) is 18.2 Å². The molecular formula is C19H17BrN4O3S. The van der Waals surface area contributed by atoms with E-state index in [9.17, 15) is 14.4 Å². The Hall–Kier alpha value is -2.65. The van der Waals surface area contributed by atoms with Gasteiger partial charge in [-0.3, -0.25) is 19.5 Å². The zero-order chi connectivity index (χ0) is 20.3. The number of halogens is 1. The molecule has 2 aromatic carbocycles. The Labute approximate surface area is 173 Å². The van der Waals surface area contributed by atoms with Crippen molar-refractivity contribution in [3.63, 3.8) is 0 Å². The topological polar surface area (TPSA) is 93.1 Å². The molecule has 1 aromatic heterocycles. The number of nitrogens with one attached hydrogen (secondary N) is 2. The molecule has 2 N–H and O–H groups in total. The predicted molar refractivity (Wildman–Crippen MR) is 113 cm³/mol. The number of hydrogen-bond acceptors (Lipinski definition) is 5. The zero-order valence-electron chi connectivity index (χ0n) is 15.1. The van der Waals surface area contributed by atoms with Gasteiger partial charge in [-0.25, -0.2) is 9.78 Å². The second-order valence-corrected chi connectivity index (χ2v) is 8.08. The van der Waals surface area contributed by atoms with Crippen molar-refractivity contribution < 1.29 is 9.59 Å². The number of thioether (sulfide) groups is 1. The van der Waals surface area contributed by atoms with Gasteiger partial charge in [-0.05, 0) is 37.3 Å². The summed E-state index contributed by atoms with van der Waals surface area (Å²) in [6.45, 7) is 1.65. The van der Waals surface area contributed by atoms with Gasteiger partial charge in [0.05, 0.1) is 21.8 Å². The molecule has 3 amide bonds. The van der Waals surface area contributed by atoms with Crippen LogP contribution in [-0.2, 0) is 4.79 Å². The first-order valence-electron chi connectivity index (χ1n) is 8.37. The van der Waals surface area contributed by atoms with Crippen LogP contribution >= 0.6 is 27.7 Å². The number of urea groups is 1. The van der Waals surface area contributed by atoms with E-state index in [1.54, 1.807) is 37.3 Å². The highest BCUT2D eigenvalue weighted by atomic mass is 79.9. The quantitative estimate of drug-likeness (QED) is 0.460. The van der Waals surface area contributed by atoms with Crippen molar-refractivity contribution >= 4 is 50.5 Å². The van der Waals surface area contributed by atoms with Crippen LogP contribution in [0, 0.1) is 0 Å². The van der Waals surface area contributed by atoms with E-state index < -0.39 is 17.2 Å². The number of hydrogen-bond donors (Lipinski definition) is 2. The minimum atomic E-state index is -0.646. The van der Waals surface area contributed by atoms with Gasteiger partial charge < -0.3 is 5.32 Å². The highest BCUT2D eigenvalue weighted by Gasteiger charge is 2.21. The molecule has 0 saturated heterocycles. The third-order valence-corrected chi connectivity index (χ3v) is 5.47. The molecule has 0 spiro atoms. The van der Waals surface area contributed by atoms with Crippen molar-refractivity contribution in [2.75, 3.05) is 7.05 Å². The third-order valence-electron chi connectivity index (χ3n) is 3.93. The summed E-state index contributed by atoms with van der Waals surface area (Å²) < 4.78 is 2.25. The van der Waals surface area contributed by atoms with E-state index in [1.165, 1.54) is 11.6 Å². The third kappa shape index (κ3) is 4.26. The number of rotatable bonds is 4. The molecular weight excluding hydrogens is 444 g/mol. The maximum absolute atomic E-state index is 13.2. The molecule has 28 heavy (non-hydrogen) atoms. The number of nitrogens with zero attached hydrogens (tertiary/aromatic N) is 2. The molecule has 0 aliphatic rings. The molecule has 0 fully saturated rings. The Balaban J connectivity index is 2.10. The van der Waals surface area contributed by atoms with Crippen molar-refractivity contribution in [2.45, 2.75) is 17.3 Å². The Morgan fingerprint density at radius 1 is 1.18 bits per heavy atom. The lowest BCUT2D eigenvalue weighted by molar-refractivity contribution is -0.119. The van der Waals surface area contributed by atoms with Crippen molar-refractivity contribution in [1.29, 1.82) is 0 Å². The average molecular weight is 461 g/mol. The van der Waals surface area contributed by atoms with Gasteiger partial charge in [0.25, 0.3) is 5.56 Å². The lowest BCUT2D eigenvalue weighted by Gasteiger charge is -2.16. The van der Waals surface area contributed by atoms with Gasteiger partial charge >= 0.3 is 6.03 Å². The summed E-state index contributed by atoms with van der Waals surface area (Å²) in [4.78, 5) is 41.4. The Morgan fingerprint density at radius 2 is 1.89 bits per heavy atom. The van der Waals surface area contributed by atoms with E-state index in [0.29, 0.717) is 21.7 Å². The molecule has 1 atom stereocenters. The summed E-state index contributed by atoms with van der Waals surface area (Å²) in [6, 6.07) is 13.8. The summed E-state index contributed by atoms with van der Waals surface area (Å²) in [7, 11) is 1.43. The Morgan fingerprint density at radius 3 is 2.57 bits per heavy atom. The lowest BCUT2D eigenvalue weighted by atomic mass is 10.2. The molecule has 0 saturated carbocycles. The normalized spacial score (nSPS) is 11.8. The van der Waals surface area contributed by atoms with Gasteiger partial charge in [-0.2, -0.15) is 0 Å². The number of amides is 3. The molecule has 9 heteroatoms. The van der Waals surface area contributed by atoms with E-state index in [4.69, 9.17) is 0 Å². The van der Waals surface area contributed by atoms with Crippen LogP contribution in [0.2, 0.25) is 0 Å². The summed E-state index contributed by atoms with van der Waals surface area (Å²) in [6.07, 6.45) is 0. The fourth-order valence-electron chi connectivity index (χ4n) is 2.51. The van der Waals surface area contributed by atoms with Crippen LogP contribution in [0.1, 0.15) is 6.92 Å². The smallest absolute Gasteiger partial charge is 0.321 e. The number of fused-ring (bicyclic) bond motifs is 1. The second-order valence-electron chi connectivity index (χ2n) is 5.86. The number of carbonyl (C=O) groups excluding carboxylic acids is 2. The fraction of sp³-hybridized carbons (Fsp3) is 0.158. The number of benzene rings is 2. The molecule has 0 radical (unpaired) electrons. The van der Waals surface area contributed by atoms with Crippen molar-refractivity contribution in [3.05, 3.63) is 63.4 Å². The van der Waals surface area contributed by atoms with E-state index in [0.717, 1.165) is 16.2 Å². The van der Waals surface area contributed by atoms with Crippen LogP contribution in [-0.4, -0.2) is 33.8 Å². The molecule has 3 aromatic rings. The maximum Gasteiger partial charge on any atom is 0.321 e. The summed E-state index contributed by atoms with van der Waals surface area (Å²) in [5.74, 6) is -0.478. The van der Waals surface area contributed by atoms with E-state index in [-0.39, 0.29) is 5.56 Å². The average Bonchev–Trinajstić information content (AvgIpc) is 2.69. The summed E-state index contributed by atoms with van der Waals surface area (Å²) in [5, 5.41) is 4.75. The van der Waals surface area contributed by atoms with Gasteiger partial charge in [0, 0.05) is 11.5 Å². The van der Waals surface area contributed by atoms with Crippen LogP contribution in [0.15, 0.2) is 63.0 Å². The van der Waals surface area contributed by atoms with Gasteiger partial charge in [0.2, 0.25) is 5.91 Å². The van der Waals surface area contributed by atoms with Crippen molar-refractivity contribution in [2.24, 2.45) is 0 Å². The molecule has 7 nitrogen and oxygen atoms in total. The fourth-order valence-corrected chi connectivity index (χ4v) is 3.80. The Kier molecular flexibility index (Phi) is 6.15. The number of carbonyl (C=O) groups is 2. The first-order chi connectivity index (χ1) is 13.4. The minimum absolute atomic E-state index is 0.237. The number of aromatic nitrogens is 2. The SMILES string of the molecule is CNC(=O)NC(=O)[C@@H](C)Sc1nc2ccc(Br)cc2c(=O)n1-c1ccccc1. The van der Waals surface area contributed by atoms with Gasteiger partial charge in [0.15, 0.2) is 5.16 Å². The van der Waals surface area contributed by atoms with Crippen LogP contribution in [0.5, 0.6) is 0 Å². The van der Waals surface area contributed by atoms with Crippen molar-refractivity contribution in [3.8, 4) is 5.69 Å². The monoisotopic (exact) mass is 460 g/mol. The summed E-state index contributed by atoms with van der Waals surface area (Å²) in [5.41, 5.74) is 0.934. The minimum Gasteiger partial charge on any atom is -0.341 e. The second kappa shape index (κ2) is 8.57. The van der Waals surface area contributed by atoms with Crippen LogP contribution in [0.4, 0.5) is 4.79 Å². The predicted octanol–water partition coefficient (Wildman–Crippen LogP) is 3.08. The highest BCUT2D eigenvalue weighted by Crippen LogP contribution is 2.26. The van der Waals surface area contributed by atoms with Gasteiger partial charge in [0.1, 0.15) is 0 Å². The number of imide groups is 1. The zero-order valence-corrected chi connectivity index (χ0v) is 17.5. The molecule has 1 heterocycles. The molecule has 144 valence electrons. The maximum atomic E-state index is 13.2. The van der Waals surface area contributed by atoms with Gasteiger partial charge in [-0.1, -0.05) is 45.9 Å². The molecule has 0 bridgehead atoms. The first kappa shape index (κ1) is 20.1. The lowest BCUT2D eigenvalue weighted by Crippen LogP contribution is -2.41. The van der Waals surface area contributed by atoms with Crippen molar-refractivity contribution in [1.82, 2.24) is 20.2 Å². The van der Waals surface area contributed by atoms with Crippen LogP contribution in [0.25, 0.3) is 16.6 Å². The van der Waals surface area contributed by atoms with E-state index in [2.05, 4.69) is 31.5 Å². The molecule has 0 aliphatic heterocycles. The number of para-hydroxylation sites is 1. The van der Waals surface area contributed by atoms with Gasteiger partial charge in [-0.15, -0.1) is 0 Å². The molecule has 3 rings (SSSR count). The molecule has 0 unspecified atom stereocenters. The van der Waals surface area contributed by atoms with Crippen LogP contribution in [0.3, 0.4) is 0 Å². The summed E-state index contributed by atoms with van der Waals surface area (Å²) >= 11 is 4.49. The largest absolute Gasteiger partial charge is 0.341 e. The highest BCUT2D eigenvalue weighted by molar-refractivity contribution is 9.10.